The van der Waals surface area contributed by atoms with E-state index in [1.807, 2.05) is 36.4 Å². The number of amides is 2. The van der Waals surface area contributed by atoms with Crippen LogP contribution in [0.2, 0.25) is 0 Å². The molecule has 0 bridgehead atoms. The number of carboxylic acids is 1. The lowest BCUT2D eigenvalue weighted by Gasteiger charge is -2.28. The molecule has 26 heavy (non-hydrogen) atoms. The minimum absolute atomic E-state index is 0.0273. The average Bonchev–Trinajstić information content (AvgIpc) is 2.62. The molecule has 3 N–H and O–H groups in total. The van der Waals surface area contributed by atoms with Crippen LogP contribution in [-0.4, -0.2) is 39.9 Å². The zero-order chi connectivity index (χ0) is 19.1. The average molecular weight is 354 g/mol. The summed E-state index contributed by atoms with van der Waals surface area (Å²) < 4.78 is 0. The van der Waals surface area contributed by atoms with Gasteiger partial charge in [0.1, 0.15) is 6.04 Å². The van der Waals surface area contributed by atoms with E-state index in [2.05, 4.69) is 0 Å². The van der Waals surface area contributed by atoms with Crippen LogP contribution >= 0.6 is 0 Å². The maximum absolute atomic E-state index is 12.7. The number of hydrogen-bond donors (Lipinski definition) is 2. The van der Waals surface area contributed by atoms with Crippen LogP contribution in [0.1, 0.15) is 18.1 Å². The summed E-state index contributed by atoms with van der Waals surface area (Å²) in [6, 6.07) is 15.7. The molecule has 6 heteroatoms. The number of carbonyl (C=O) groups is 3. The third-order valence-corrected chi connectivity index (χ3v) is 4.06. The van der Waals surface area contributed by atoms with Crippen LogP contribution in [0, 0.1) is 0 Å². The molecule has 0 aromatic heterocycles. The zero-order valence-electron chi connectivity index (χ0n) is 14.5. The maximum Gasteiger partial charge on any atom is 0.327 e. The summed E-state index contributed by atoms with van der Waals surface area (Å²) in [4.78, 5) is 37.3. The van der Waals surface area contributed by atoms with Crippen LogP contribution in [0.3, 0.4) is 0 Å². The van der Waals surface area contributed by atoms with Gasteiger partial charge in [0.25, 0.3) is 0 Å². The monoisotopic (exact) mass is 354 g/mol. The second-order valence-electron chi connectivity index (χ2n) is 6.07. The number of benzene rings is 2. The van der Waals surface area contributed by atoms with Crippen molar-refractivity contribution in [1.29, 1.82) is 0 Å². The number of aliphatic carboxylic acids is 1. The molecule has 0 saturated carbocycles. The molecule has 6 nitrogen and oxygen atoms in total. The fourth-order valence-electron chi connectivity index (χ4n) is 2.79. The van der Waals surface area contributed by atoms with Gasteiger partial charge in [-0.25, -0.2) is 4.79 Å². The highest BCUT2D eigenvalue weighted by atomic mass is 16.4. The topological polar surface area (TPSA) is 101 Å². The fraction of sp³-hybridized carbons (Fsp3) is 0.250. The summed E-state index contributed by atoms with van der Waals surface area (Å²) in [5.41, 5.74) is 7.54. The predicted molar refractivity (Wildman–Crippen MR) is 97.2 cm³/mol. The first-order chi connectivity index (χ1) is 12.4. The Morgan fingerprint density at radius 3 is 1.81 bits per heavy atom. The third kappa shape index (κ3) is 5.00. The first-order valence-corrected chi connectivity index (χ1v) is 8.30. The van der Waals surface area contributed by atoms with Gasteiger partial charge in [-0.05, 0) is 17.5 Å². The number of carbonyl (C=O) groups excluding carboxylic acids is 2. The Hall–Kier alpha value is -2.99. The Kier molecular flexibility index (Phi) is 6.63. The van der Waals surface area contributed by atoms with Gasteiger partial charge in [0.2, 0.25) is 11.8 Å². The molecule has 0 heterocycles. The second-order valence-corrected chi connectivity index (χ2v) is 6.07. The lowest BCUT2D eigenvalue weighted by molar-refractivity contribution is -0.157. The van der Waals surface area contributed by atoms with Crippen molar-refractivity contribution in [1.82, 2.24) is 4.90 Å². The molecule has 0 spiro atoms. The first-order valence-electron chi connectivity index (χ1n) is 8.30. The molecule has 0 aliphatic heterocycles. The number of imide groups is 1. The molecule has 2 unspecified atom stereocenters. The Morgan fingerprint density at radius 1 is 0.923 bits per heavy atom. The smallest absolute Gasteiger partial charge is 0.327 e. The van der Waals surface area contributed by atoms with Crippen molar-refractivity contribution < 1.29 is 19.5 Å². The Balaban J connectivity index is 2.22. The highest BCUT2D eigenvalue weighted by molar-refractivity contribution is 6.00. The van der Waals surface area contributed by atoms with Crippen LogP contribution in [0.15, 0.2) is 60.7 Å². The molecule has 0 aliphatic carbocycles. The maximum atomic E-state index is 12.7. The molecule has 136 valence electrons. The summed E-state index contributed by atoms with van der Waals surface area (Å²) in [5, 5.41) is 9.59. The van der Waals surface area contributed by atoms with E-state index in [1.54, 1.807) is 24.3 Å². The summed E-state index contributed by atoms with van der Waals surface area (Å²) >= 11 is 0. The molecule has 2 rings (SSSR count). The van der Waals surface area contributed by atoms with E-state index in [4.69, 9.17) is 5.73 Å². The van der Waals surface area contributed by atoms with Gasteiger partial charge in [0, 0.05) is 13.3 Å². The number of nitrogens with two attached hydrogens (primary N) is 1. The van der Waals surface area contributed by atoms with Crippen LogP contribution in [0.5, 0.6) is 0 Å². The fourth-order valence-corrected chi connectivity index (χ4v) is 2.79. The molecular weight excluding hydrogens is 332 g/mol. The van der Waals surface area contributed by atoms with Gasteiger partial charge in [-0.1, -0.05) is 60.7 Å². The van der Waals surface area contributed by atoms with E-state index in [9.17, 15) is 19.5 Å². The summed E-state index contributed by atoms with van der Waals surface area (Å²) in [5.74, 6) is -2.57. The van der Waals surface area contributed by atoms with E-state index in [1.165, 1.54) is 6.92 Å². The minimum atomic E-state index is -1.30. The molecule has 0 saturated heterocycles. The van der Waals surface area contributed by atoms with Crippen molar-refractivity contribution in [3.63, 3.8) is 0 Å². The molecular formula is C20H22N2O4. The minimum Gasteiger partial charge on any atom is -0.480 e. The van der Waals surface area contributed by atoms with Crippen molar-refractivity contribution in [3.05, 3.63) is 71.8 Å². The molecule has 0 aliphatic rings. The van der Waals surface area contributed by atoms with Crippen LogP contribution in [-0.2, 0) is 27.2 Å². The van der Waals surface area contributed by atoms with Crippen LogP contribution in [0.4, 0.5) is 0 Å². The SMILES string of the molecule is CC(=O)N(C(=O)C(N)Cc1ccccc1)C(Cc1ccccc1)C(=O)O. The molecule has 0 fully saturated rings. The third-order valence-electron chi connectivity index (χ3n) is 4.06. The summed E-state index contributed by atoms with van der Waals surface area (Å²) in [6.45, 7) is 1.17. The molecule has 2 amide bonds. The molecule has 2 aromatic rings. The standard InChI is InChI=1S/C20H22N2O4/c1-14(23)22(18(20(25)26)13-16-10-6-3-7-11-16)19(24)17(21)12-15-8-4-2-5-9-15/h2-11,17-18H,12-13,21H2,1H3,(H,25,26). The van der Waals surface area contributed by atoms with Crippen molar-refractivity contribution in [3.8, 4) is 0 Å². The normalized spacial score (nSPS) is 12.8. The Morgan fingerprint density at radius 2 is 1.38 bits per heavy atom. The largest absolute Gasteiger partial charge is 0.480 e. The van der Waals surface area contributed by atoms with E-state index in [-0.39, 0.29) is 12.8 Å². The number of carboxylic acid groups (broad SMARTS) is 1. The first kappa shape index (κ1) is 19.3. The summed E-state index contributed by atoms with van der Waals surface area (Å²) in [7, 11) is 0. The van der Waals surface area contributed by atoms with E-state index >= 15 is 0 Å². The van der Waals surface area contributed by atoms with Gasteiger partial charge in [0.15, 0.2) is 0 Å². The quantitative estimate of drug-likeness (QED) is 0.787. The molecule has 2 atom stereocenters. The molecule has 2 aromatic carbocycles. The summed E-state index contributed by atoms with van der Waals surface area (Å²) in [6.07, 6.45) is 0.251. The van der Waals surface area contributed by atoms with E-state index in [0.717, 1.165) is 16.0 Å². The van der Waals surface area contributed by atoms with E-state index < -0.39 is 29.9 Å². The van der Waals surface area contributed by atoms with Crippen LogP contribution < -0.4 is 5.73 Å². The second kappa shape index (κ2) is 8.92. The van der Waals surface area contributed by atoms with Crippen molar-refractivity contribution in [2.24, 2.45) is 5.73 Å². The van der Waals surface area contributed by atoms with Gasteiger partial charge in [-0.3, -0.25) is 14.5 Å². The van der Waals surface area contributed by atoms with Gasteiger partial charge >= 0.3 is 5.97 Å². The van der Waals surface area contributed by atoms with Crippen LogP contribution in [0.25, 0.3) is 0 Å². The van der Waals surface area contributed by atoms with Gasteiger partial charge in [-0.2, -0.15) is 0 Å². The zero-order valence-corrected chi connectivity index (χ0v) is 14.5. The molecule has 0 radical (unpaired) electrons. The van der Waals surface area contributed by atoms with E-state index in [0.29, 0.717) is 0 Å². The van der Waals surface area contributed by atoms with Gasteiger partial charge in [-0.15, -0.1) is 0 Å². The number of rotatable bonds is 7. The number of nitrogens with zero attached hydrogens (tertiary/aromatic N) is 1. The lowest BCUT2D eigenvalue weighted by atomic mass is 10.0. The predicted octanol–water partition coefficient (Wildman–Crippen LogP) is 1.63. The van der Waals surface area contributed by atoms with Crippen molar-refractivity contribution in [2.45, 2.75) is 31.8 Å². The Labute approximate surface area is 152 Å². The van der Waals surface area contributed by atoms with Gasteiger partial charge in [0.05, 0.1) is 6.04 Å². The highest BCUT2D eigenvalue weighted by Crippen LogP contribution is 2.13. The lowest BCUT2D eigenvalue weighted by Crippen LogP contribution is -2.54. The van der Waals surface area contributed by atoms with Crippen molar-refractivity contribution in [2.75, 3.05) is 0 Å². The highest BCUT2D eigenvalue weighted by Gasteiger charge is 2.35. The Bertz CT molecular complexity index is 762. The van der Waals surface area contributed by atoms with Gasteiger partial charge < -0.3 is 10.8 Å². The number of hydrogen-bond acceptors (Lipinski definition) is 4. The van der Waals surface area contributed by atoms with Crippen molar-refractivity contribution >= 4 is 17.8 Å².